The van der Waals surface area contributed by atoms with Gasteiger partial charge < -0.3 is 10.1 Å². The van der Waals surface area contributed by atoms with Gasteiger partial charge in [0.15, 0.2) is 0 Å². The number of hydrogen-bond acceptors (Lipinski definition) is 5. The zero-order chi connectivity index (χ0) is 25.0. The smallest absolute Gasteiger partial charge is 0.338 e. The van der Waals surface area contributed by atoms with Crippen LogP contribution in [0.25, 0.3) is 0 Å². The summed E-state index contributed by atoms with van der Waals surface area (Å²) in [7, 11) is 0. The molecule has 7 heteroatoms. The Labute approximate surface area is 209 Å². The van der Waals surface area contributed by atoms with Crippen LogP contribution in [0.4, 0.5) is 11.4 Å². The second kappa shape index (κ2) is 8.73. The van der Waals surface area contributed by atoms with Crippen LogP contribution in [-0.4, -0.2) is 30.3 Å². The number of allylic oxidation sites excluding steroid dienone is 2. The monoisotopic (exact) mass is 484 g/mol. The van der Waals surface area contributed by atoms with Gasteiger partial charge in [0, 0.05) is 11.3 Å². The van der Waals surface area contributed by atoms with Crippen LogP contribution in [0.1, 0.15) is 46.9 Å². The molecule has 3 amide bonds. The van der Waals surface area contributed by atoms with E-state index in [1.54, 1.807) is 48.5 Å². The fourth-order valence-electron chi connectivity index (χ4n) is 6.28. The lowest BCUT2D eigenvalue weighted by molar-refractivity contribution is -0.124. The number of nitrogens with one attached hydrogen (secondary N) is 1. The van der Waals surface area contributed by atoms with E-state index >= 15 is 0 Å². The molecule has 2 aromatic rings. The molecule has 0 radical (unpaired) electrons. The van der Waals surface area contributed by atoms with Crippen molar-refractivity contribution in [1.29, 1.82) is 0 Å². The third kappa shape index (κ3) is 3.65. The lowest BCUT2D eigenvalue weighted by Crippen LogP contribution is -2.40. The summed E-state index contributed by atoms with van der Waals surface area (Å²) >= 11 is 0. The van der Waals surface area contributed by atoms with E-state index < -0.39 is 5.97 Å². The molecule has 2 bridgehead atoms. The number of amides is 3. The average Bonchev–Trinajstić information content (AvgIpc) is 3.67. The van der Waals surface area contributed by atoms with Gasteiger partial charge in [0.2, 0.25) is 11.8 Å². The highest BCUT2D eigenvalue weighted by atomic mass is 16.5. The topological polar surface area (TPSA) is 92.8 Å². The minimum absolute atomic E-state index is 0.145. The Bertz CT molecular complexity index is 1250. The summed E-state index contributed by atoms with van der Waals surface area (Å²) in [5.41, 5.74) is 1.72. The predicted octanol–water partition coefficient (Wildman–Crippen LogP) is 4.45. The van der Waals surface area contributed by atoms with Crippen molar-refractivity contribution in [2.75, 3.05) is 16.8 Å². The summed E-state index contributed by atoms with van der Waals surface area (Å²) in [5.74, 6) is -0.205. The quantitative estimate of drug-likeness (QED) is 0.271. The largest absolute Gasteiger partial charge is 0.462 e. The van der Waals surface area contributed by atoms with Gasteiger partial charge in [-0.15, -0.1) is 0 Å². The third-order valence-corrected chi connectivity index (χ3v) is 8.14. The minimum atomic E-state index is -0.393. The number of hydrogen-bond donors (Lipinski definition) is 1. The van der Waals surface area contributed by atoms with Crippen LogP contribution in [-0.2, 0) is 14.3 Å². The molecule has 2 saturated carbocycles. The first-order valence-corrected chi connectivity index (χ1v) is 12.7. The molecule has 7 rings (SSSR count). The predicted molar refractivity (Wildman–Crippen MR) is 133 cm³/mol. The first-order chi connectivity index (χ1) is 17.5. The summed E-state index contributed by atoms with van der Waals surface area (Å²) < 4.78 is 5.21. The zero-order valence-corrected chi connectivity index (χ0v) is 20.1. The van der Waals surface area contributed by atoms with Crippen molar-refractivity contribution in [3.05, 3.63) is 71.8 Å². The van der Waals surface area contributed by atoms with Crippen molar-refractivity contribution < 1.29 is 23.9 Å². The van der Waals surface area contributed by atoms with Gasteiger partial charge in [-0.3, -0.25) is 14.4 Å². The summed E-state index contributed by atoms with van der Waals surface area (Å²) in [6.45, 7) is 2.41. The van der Waals surface area contributed by atoms with Crippen LogP contribution in [0.2, 0.25) is 0 Å². The van der Waals surface area contributed by atoms with Crippen molar-refractivity contribution >= 4 is 35.1 Å². The molecular formula is C29H28N2O5. The molecule has 1 aliphatic heterocycles. The standard InChI is InChI=1S/C29H28N2O5/c1-2-3-13-36-29(35)16-7-9-18(10-8-16)30-26(32)17-5-4-6-19(14-17)31-27(33)24-20-11-12-21(23-15-22(20)23)25(24)28(31)34/h4-12,14,20-25H,2-3,13,15H2,1H3,(H,30,32)/t20-,21+,22-,23-,24+,25-/m1/s1. The number of rotatable bonds is 7. The number of carbonyl (C=O) groups excluding carboxylic acids is 4. The average molecular weight is 485 g/mol. The number of carbonyl (C=O) groups is 4. The van der Waals surface area contributed by atoms with Gasteiger partial charge >= 0.3 is 5.97 Å². The van der Waals surface area contributed by atoms with Crippen LogP contribution >= 0.6 is 0 Å². The van der Waals surface area contributed by atoms with Crippen LogP contribution in [0.5, 0.6) is 0 Å². The summed E-state index contributed by atoms with van der Waals surface area (Å²) in [4.78, 5) is 53.1. The SMILES string of the molecule is CCCCOC(=O)c1ccc(NC(=O)c2cccc(N3C(=O)[C@@H]4[C@H]5C=C[C@H]([C@H]6C[C@H]56)[C@@H]4C3=O)c2)cc1. The Kier molecular flexibility index (Phi) is 5.51. The van der Waals surface area contributed by atoms with E-state index in [0.717, 1.165) is 19.3 Å². The molecule has 1 saturated heterocycles. The summed E-state index contributed by atoms with van der Waals surface area (Å²) in [6, 6.07) is 13.1. The highest BCUT2D eigenvalue weighted by Crippen LogP contribution is 2.65. The first kappa shape index (κ1) is 22.7. The van der Waals surface area contributed by atoms with E-state index in [4.69, 9.17) is 4.74 Å². The molecule has 184 valence electrons. The second-order valence-corrected chi connectivity index (χ2v) is 10.2. The van der Waals surface area contributed by atoms with Gasteiger partial charge in [0.25, 0.3) is 5.91 Å². The van der Waals surface area contributed by atoms with Gasteiger partial charge in [-0.1, -0.05) is 31.6 Å². The fourth-order valence-corrected chi connectivity index (χ4v) is 6.28. The molecule has 0 unspecified atom stereocenters. The van der Waals surface area contributed by atoms with E-state index in [-0.39, 0.29) is 41.4 Å². The van der Waals surface area contributed by atoms with Crippen molar-refractivity contribution in [2.45, 2.75) is 26.2 Å². The van der Waals surface area contributed by atoms with Crippen molar-refractivity contribution in [1.82, 2.24) is 0 Å². The fraction of sp³-hybridized carbons (Fsp3) is 0.379. The van der Waals surface area contributed by atoms with Gasteiger partial charge in [0.1, 0.15) is 0 Å². The van der Waals surface area contributed by atoms with E-state index in [1.165, 1.54) is 4.90 Å². The molecule has 0 aromatic heterocycles. The Balaban J connectivity index is 1.15. The van der Waals surface area contributed by atoms with Crippen molar-refractivity contribution in [2.24, 2.45) is 35.5 Å². The highest BCUT2D eigenvalue weighted by molar-refractivity contribution is 6.23. The molecule has 1 heterocycles. The normalized spacial score (nSPS) is 29.1. The lowest BCUT2D eigenvalue weighted by Gasteiger charge is -2.37. The number of imide groups is 1. The lowest BCUT2D eigenvalue weighted by atomic mass is 9.63. The second-order valence-electron chi connectivity index (χ2n) is 10.2. The number of anilines is 2. The maximum atomic E-state index is 13.4. The Morgan fingerprint density at radius 2 is 1.61 bits per heavy atom. The zero-order valence-electron chi connectivity index (χ0n) is 20.1. The molecular weight excluding hydrogens is 456 g/mol. The minimum Gasteiger partial charge on any atom is -0.462 e. The van der Waals surface area contributed by atoms with Crippen LogP contribution in [0, 0.1) is 35.5 Å². The molecule has 5 aliphatic rings. The molecule has 4 aliphatic carbocycles. The summed E-state index contributed by atoms with van der Waals surface area (Å²) in [6.07, 6.45) is 7.17. The van der Waals surface area contributed by atoms with Crippen molar-refractivity contribution in [3.8, 4) is 0 Å². The molecule has 3 fully saturated rings. The van der Waals surface area contributed by atoms with Gasteiger partial charge in [-0.25, -0.2) is 9.69 Å². The van der Waals surface area contributed by atoms with E-state index in [1.807, 2.05) is 6.92 Å². The van der Waals surface area contributed by atoms with E-state index in [2.05, 4.69) is 17.5 Å². The molecule has 36 heavy (non-hydrogen) atoms. The number of esters is 1. The van der Waals surface area contributed by atoms with Gasteiger partial charge in [-0.2, -0.15) is 0 Å². The molecule has 1 N–H and O–H groups in total. The Morgan fingerprint density at radius 3 is 2.25 bits per heavy atom. The first-order valence-electron chi connectivity index (χ1n) is 12.7. The Morgan fingerprint density at radius 1 is 0.944 bits per heavy atom. The summed E-state index contributed by atoms with van der Waals surface area (Å²) in [5, 5.41) is 2.81. The van der Waals surface area contributed by atoms with Gasteiger partial charge in [-0.05, 0) is 79.0 Å². The molecule has 2 aromatic carbocycles. The highest BCUT2D eigenvalue weighted by Gasteiger charge is 2.67. The van der Waals surface area contributed by atoms with E-state index in [9.17, 15) is 19.2 Å². The van der Waals surface area contributed by atoms with Gasteiger partial charge in [0.05, 0.1) is 29.7 Å². The van der Waals surface area contributed by atoms with E-state index in [0.29, 0.717) is 40.9 Å². The number of benzene rings is 2. The number of ether oxygens (including phenoxy) is 1. The Hall–Kier alpha value is -3.74. The maximum absolute atomic E-state index is 13.4. The molecule has 6 atom stereocenters. The maximum Gasteiger partial charge on any atom is 0.338 e. The molecule has 7 nitrogen and oxygen atoms in total. The van der Waals surface area contributed by atoms with Crippen LogP contribution in [0.3, 0.4) is 0 Å². The number of unbranched alkanes of at least 4 members (excludes halogenated alkanes) is 1. The molecule has 0 spiro atoms. The van der Waals surface area contributed by atoms with Crippen LogP contribution in [0.15, 0.2) is 60.7 Å². The number of nitrogens with zero attached hydrogens (tertiary/aromatic N) is 1. The van der Waals surface area contributed by atoms with Crippen LogP contribution < -0.4 is 10.2 Å². The van der Waals surface area contributed by atoms with Crippen molar-refractivity contribution in [3.63, 3.8) is 0 Å². The third-order valence-electron chi connectivity index (χ3n) is 8.14.